The summed E-state index contributed by atoms with van der Waals surface area (Å²) in [7, 11) is 0. The molecule has 0 unspecified atom stereocenters. The van der Waals surface area contributed by atoms with Gasteiger partial charge in [0, 0.05) is 5.56 Å². The molecule has 33 heavy (non-hydrogen) atoms. The fourth-order valence-electron chi connectivity index (χ4n) is 5.55. The van der Waals surface area contributed by atoms with Crippen molar-refractivity contribution in [2.24, 2.45) is 11.8 Å². The van der Waals surface area contributed by atoms with Gasteiger partial charge in [0.15, 0.2) is 11.6 Å². The van der Waals surface area contributed by atoms with Gasteiger partial charge >= 0.3 is 0 Å². The summed E-state index contributed by atoms with van der Waals surface area (Å²) < 4.78 is 44.5. The van der Waals surface area contributed by atoms with Gasteiger partial charge in [0.25, 0.3) is 0 Å². The molecule has 1 fully saturated rings. The van der Waals surface area contributed by atoms with Crippen LogP contribution in [0.2, 0.25) is 0 Å². The van der Waals surface area contributed by atoms with E-state index in [2.05, 4.69) is 6.92 Å². The molecule has 0 N–H and O–H groups in total. The molecule has 0 radical (unpaired) electrons. The second kappa shape index (κ2) is 10.8. The number of rotatable bonds is 8. The summed E-state index contributed by atoms with van der Waals surface area (Å²) in [6, 6.07) is 12.8. The van der Waals surface area contributed by atoms with E-state index in [9.17, 15) is 8.78 Å². The van der Waals surface area contributed by atoms with Gasteiger partial charge in [-0.2, -0.15) is 0 Å². The van der Waals surface area contributed by atoms with Crippen molar-refractivity contribution >= 4 is 10.8 Å². The topological polar surface area (TPSA) is 0 Å². The van der Waals surface area contributed by atoms with E-state index < -0.39 is 17.5 Å². The minimum absolute atomic E-state index is 0.257. The first-order chi connectivity index (χ1) is 16.0. The van der Waals surface area contributed by atoms with Crippen LogP contribution in [0.1, 0.15) is 76.3 Å². The molecule has 0 bridgehead atoms. The summed E-state index contributed by atoms with van der Waals surface area (Å²) in [6.45, 7) is 4.19. The minimum atomic E-state index is -1.08. The zero-order valence-electron chi connectivity index (χ0n) is 19.9. The van der Waals surface area contributed by atoms with Crippen molar-refractivity contribution in [3.05, 3.63) is 71.0 Å². The van der Waals surface area contributed by atoms with Crippen molar-refractivity contribution < 1.29 is 13.2 Å². The normalized spacial score (nSPS) is 18.7. The number of halogens is 3. The van der Waals surface area contributed by atoms with E-state index >= 15 is 4.39 Å². The Hall–Kier alpha value is -2.29. The van der Waals surface area contributed by atoms with Crippen LogP contribution in [-0.4, -0.2) is 0 Å². The lowest BCUT2D eigenvalue weighted by molar-refractivity contribution is 0.252. The predicted octanol–water partition coefficient (Wildman–Crippen LogP) is 9.42. The van der Waals surface area contributed by atoms with Gasteiger partial charge in [-0.05, 0) is 59.2 Å². The van der Waals surface area contributed by atoms with Gasteiger partial charge in [0.2, 0.25) is 0 Å². The molecule has 0 nitrogen and oxygen atoms in total. The maximum Gasteiger partial charge on any atom is 0.169 e. The largest absolute Gasteiger partial charge is 0.206 e. The monoisotopic (exact) mass is 452 g/mol. The molecule has 1 aliphatic rings. The molecule has 0 aromatic heterocycles. The van der Waals surface area contributed by atoms with Crippen LogP contribution in [-0.2, 0) is 12.8 Å². The van der Waals surface area contributed by atoms with Crippen LogP contribution >= 0.6 is 0 Å². The molecule has 0 spiro atoms. The quantitative estimate of drug-likeness (QED) is 0.319. The summed E-state index contributed by atoms with van der Waals surface area (Å²) in [6.07, 6.45) is 11.5. The molecular formula is C30H35F3. The first-order valence-corrected chi connectivity index (χ1v) is 12.7. The molecular weight excluding hydrogens is 417 g/mol. The van der Waals surface area contributed by atoms with Crippen LogP contribution in [0.5, 0.6) is 0 Å². The van der Waals surface area contributed by atoms with Crippen molar-refractivity contribution in [1.82, 2.24) is 0 Å². The van der Waals surface area contributed by atoms with Crippen molar-refractivity contribution in [2.75, 3.05) is 0 Å². The maximum absolute atomic E-state index is 15.3. The molecule has 4 rings (SSSR count). The number of hydrogen-bond acceptors (Lipinski definition) is 0. The van der Waals surface area contributed by atoms with E-state index in [1.165, 1.54) is 50.5 Å². The highest BCUT2D eigenvalue weighted by Crippen LogP contribution is 2.35. The molecule has 176 valence electrons. The second-order valence-corrected chi connectivity index (χ2v) is 9.85. The van der Waals surface area contributed by atoms with Gasteiger partial charge in [-0.25, -0.2) is 13.2 Å². The Balaban J connectivity index is 1.47. The Morgan fingerprint density at radius 1 is 0.697 bits per heavy atom. The lowest BCUT2D eigenvalue weighted by Crippen LogP contribution is -2.15. The van der Waals surface area contributed by atoms with E-state index in [0.29, 0.717) is 34.9 Å². The van der Waals surface area contributed by atoms with Gasteiger partial charge in [0.1, 0.15) is 5.82 Å². The van der Waals surface area contributed by atoms with Gasteiger partial charge in [-0.3, -0.25) is 0 Å². The van der Waals surface area contributed by atoms with Crippen molar-refractivity contribution in [3.63, 3.8) is 0 Å². The third-order valence-electron chi connectivity index (χ3n) is 7.49. The Bertz CT molecular complexity index is 1080. The number of benzene rings is 3. The lowest BCUT2D eigenvalue weighted by Gasteiger charge is -2.28. The van der Waals surface area contributed by atoms with E-state index in [1.54, 1.807) is 18.2 Å². The highest BCUT2D eigenvalue weighted by atomic mass is 19.2. The predicted molar refractivity (Wildman–Crippen MR) is 132 cm³/mol. The Morgan fingerprint density at radius 2 is 1.36 bits per heavy atom. The van der Waals surface area contributed by atoms with E-state index in [4.69, 9.17) is 0 Å². The molecule has 1 saturated carbocycles. The van der Waals surface area contributed by atoms with E-state index in [0.717, 1.165) is 18.3 Å². The zero-order valence-corrected chi connectivity index (χ0v) is 19.9. The first-order valence-electron chi connectivity index (χ1n) is 12.7. The molecule has 0 atom stereocenters. The number of fused-ring (bicyclic) bond motifs is 1. The highest BCUT2D eigenvalue weighted by Gasteiger charge is 2.21. The minimum Gasteiger partial charge on any atom is -0.206 e. The molecule has 1 aliphatic carbocycles. The van der Waals surface area contributed by atoms with Crippen molar-refractivity contribution in [1.29, 1.82) is 0 Å². The molecule has 0 heterocycles. The summed E-state index contributed by atoms with van der Waals surface area (Å²) in [5.74, 6) is -0.964. The van der Waals surface area contributed by atoms with Crippen LogP contribution in [0.15, 0.2) is 42.5 Å². The van der Waals surface area contributed by atoms with Gasteiger partial charge in [0.05, 0.1) is 5.39 Å². The van der Waals surface area contributed by atoms with Crippen LogP contribution in [0.3, 0.4) is 0 Å². The van der Waals surface area contributed by atoms with Gasteiger partial charge in [-0.1, -0.05) is 95.2 Å². The maximum atomic E-state index is 15.3. The average Bonchev–Trinajstić information content (AvgIpc) is 2.83. The van der Waals surface area contributed by atoms with Crippen molar-refractivity contribution in [3.8, 4) is 11.1 Å². The zero-order chi connectivity index (χ0) is 23.4. The highest BCUT2D eigenvalue weighted by molar-refractivity contribution is 5.89. The van der Waals surface area contributed by atoms with Crippen LogP contribution in [0.4, 0.5) is 13.2 Å². The standard InChI is InChI=1S/C30H35F3/c1-3-5-20-7-9-21(10-8-20)11-12-22-13-15-23(16-14-22)26-18-17-24-19-25(6-4-2)28(31)30(33)27(24)29(26)32/h13-21H,3-12H2,1-2H3. The molecule has 3 aromatic carbocycles. The van der Waals surface area contributed by atoms with Crippen LogP contribution in [0.25, 0.3) is 21.9 Å². The molecule has 0 aliphatic heterocycles. The number of aryl methyl sites for hydroxylation is 2. The molecule has 3 heteroatoms. The fourth-order valence-corrected chi connectivity index (χ4v) is 5.55. The van der Waals surface area contributed by atoms with Crippen molar-refractivity contribution in [2.45, 2.75) is 78.1 Å². The molecule has 0 saturated heterocycles. The third-order valence-corrected chi connectivity index (χ3v) is 7.49. The SMILES string of the molecule is CCCc1cc2ccc(-c3ccc(CCC4CCC(CCC)CC4)cc3)c(F)c2c(F)c1F. The van der Waals surface area contributed by atoms with E-state index in [1.807, 2.05) is 31.2 Å². The third kappa shape index (κ3) is 5.28. The Labute approximate surface area is 196 Å². The van der Waals surface area contributed by atoms with Gasteiger partial charge in [-0.15, -0.1) is 0 Å². The molecule has 0 amide bonds. The Kier molecular flexibility index (Phi) is 7.78. The number of hydrogen-bond donors (Lipinski definition) is 0. The summed E-state index contributed by atoms with van der Waals surface area (Å²) in [5, 5.41) is 0.150. The molecule has 3 aromatic rings. The smallest absolute Gasteiger partial charge is 0.169 e. The van der Waals surface area contributed by atoms with Crippen LogP contribution < -0.4 is 0 Å². The first kappa shape index (κ1) is 23.9. The van der Waals surface area contributed by atoms with E-state index in [-0.39, 0.29) is 5.39 Å². The lowest BCUT2D eigenvalue weighted by atomic mass is 9.78. The van der Waals surface area contributed by atoms with Gasteiger partial charge < -0.3 is 0 Å². The Morgan fingerprint density at radius 3 is 2.00 bits per heavy atom. The summed E-state index contributed by atoms with van der Waals surface area (Å²) >= 11 is 0. The van der Waals surface area contributed by atoms with Crippen LogP contribution in [0, 0.1) is 29.3 Å². The average molecular weight is 453 g/mol. The summed E-state index contributed by atoms with van der Waals surface area (Å²) in [5.41, 5.74) is 2.55. The fraction of sp³-hybridized carbons (Fsp3) is 0.467. The second-order valence-electron chi connectivity index (χ2n) is 9.85. The summed E-state index contributed by atoms with van der Waals surface area (Å²) in [4.78, 5) is 0.